The Hall–Kier alpha value is -3.01. The Labute approximate surface area is 175 Å². The van der Waals surface area contributed by atoms with Crippen molar-refractivity contribution in [3.05, 3.63) is 52.4 Å². The van der Waals surface area contributed by atoms with Crippen molar-refractivity contribution in [3.8, 4) is 0 Å². The van der Waals surface area contributed by atoms with Gasteiger partial charge in [-0.25, -0.2) is 4.68 Å². The molecule has 1 aromatic heterocycles. The highest BCUT2D eigenvalue weighted by molar-refractivity contribution is 7.90. The fourth-order valence-electron chi connectivity index (χ4n) is 3.07. The van der Waals surface area contributed by atoms with Crippen LogP contribution in [0.2, 0.25) is 0 Å². The first kappa shape index (κ1) is 21.7. The molecule has 0 unspecified atom stereocenters. The average Bonchev–Trinajstić information content (AvgIpc) is 3.11. The minimum atomic E-state index is -3.89. The van der Waals surface area contributed by atoms with E-state index in [4.69, 9.17) is 0 Å². The zero-order chi connectivity index (χ0) is 21.7. The molecule has 30 heavy (non-hydrogen) atoms. The molecule has 1 aromatic carbocycles. The van der Waals surface area contributed by atoms with Gasteiger partial charge in [0.1, 0.15) is 11.5 Å². The van der Waals surface area contributed by atoms with Crippen LogP contribution in [-0.2, 0) is 16.6 Å². The van der Waals surface area contributed by atoms with E-state index < -0.39 is 15.9 Å². The largest absolute Gasteiger partial charge is 0.362 e. The standard InChI is InChI=1S/C20H25N5O4S/c1-3-4-13-25-19(26)11-10-17(22-25)20(27)21-15-7-5-8-16(14-15)30(28,29)23-18-9-6-12-24(18)2/h5,7-8,10-11,14H,3-4,6,9,12-13H2,1-2H3,(H,21,27)/b23-18-. The molecular formula is C20H25N5O4S. The van der Waals surface area contributed by atoms with Crippen molar-refractivity contribution in [2.24, 2.45) is 4.40 Å². The number of benzene rings is 1. The Morgan fingerprint density at radius 2 is 2.07 bits per heavy atom. The number of hydrogen-bond donors (Lipinski definition) is 1. The number of carbonyl (C=O) groups is 1. The number of anilines is 1. The van der Waals surface area contributed by atoms with Crippen LogP contribution in [0.3, 0.4) is 0 Å². The summed E-state index contributed by atoms with van der Waals surface area (Å²) in [4.78, 5) is 26.2. The molecule has 3 rings (SSSR count). The summed E-state index contributed by atoms with van der Waals surface area (Å²) in [5.41, 5.74) is 0.102. The van der Waals surface area contributed by atoms with Crippen molar-refractivity contribution in [3.63, 3.8) is 0 Å². The first-order chi connectivity index (χ1) is 14.3. The van der Waals surface area contributed by atoms with Crippen molar-refractivity contribution in [1.82, 2.24) is 14.7 Å². The van der Waals surface area contributed by atoms with Crippen LogP contribution < -0.4 is 10.9 Å². The van der Waals surface area contributed by atoms with Crippen LogP contribution in [0.25, 0.3) is 0 Å². The van der Waals surface area contributed by atoms with Crippen LogP contribution in [0.1, 0.15) is 43.1 Å². The Bertz CT molecular complexity index is 1120. The topological polar surface area (TPSA) is 114 Å². The Morgan fingerprint density at radius 1 is 1.27 bits per heavy atom. The van der Waals surface area contributed by atoms with Gasteiger partial charge in [0.25, 0.3) is 21.5 Å². The highest BCUT2D eigenvalue weighted by atomic mass is 32.2. The second kappa shape index (κ2) is 9.21. The quantitative estimate of drug-likeness (QED) is 0.718. The predicted octanol–water partition coefficient (Wildman–Crippen LogP) is 2.11. The summed E-state index contributed by atoms with van der Waals surface area (Å²) in [5, 5.41) is 6.74. The molecule has 2 heterocycles. The zero-order valence-electron chi connectivity index (χ0n) is 17.0. The minimum Gasteiger partial charge on any atom is -0.362 e. The molecule has 160 valence electrons. The normalized spacial score (nSPS) is 15.5. The molecule has 10 heteroatoms. The molecule has 0 spiro atoms. The SMILES string of the molecule is CCCCn1nc(C(=O)Nc2cccc(S(=O)(=O)/N=C3/CCCN3C)c2)ccc1=O. The summed E-state index contributed by atoms with van der Waals surface area (Å²) in [6, 6.07) is 8.57. The van der Waals surface area contributed by atoms with E-state index in [1.807, 2.05) is 18.9 Å². The molecule has 1 fully saturated rings. The highest BCUT2D eigenvalue weighted by Crippen LogP contribution is 2.20. The molecule has 1 aliphatic heterocycles. The lowest BCUT2D eigenvalue weighted by Gasteiger charge is -2.11. The van der Waals surface area contributed by atoms with Gasteiger partial charge in [0.15, 0.2) is 0 Å². The van der Waals surface area contributed by atoms with Crippen LogP contribution in [-0.4, -0.2) is 48.4 Å². The van der Waals surface area contributed by atoms with Crippen molar-refractivity contribution in [2.45, 2.75) is 44.0 Å². The van der Waals surface area contributed by atoms with E-state index in [1.165, 1.54) is 35.0 Å². The summed E-state index contributed by atoms with van der Waals surface area (Å²) in [5.74, 6) is -0.000360. The van der Waals surface area contributed by atoms with Gasteiger partial charge < -0.3 is 10.2 Å². The maximum absolute atomic E-state index is 12.6. The van der Waals surface area contributed by atoms with Crippen LogP contribution in [0.5, 0.6) is 0 Å². The van der Waals surface area contributed by atoms with Gasteiger partial charge in [0.2, 0.25) is 0 Å². The van der Waals surface area contributed by atoms with Crippen molar-refractivity contribution >= 4 is 27.5 Å². The summed E-state index contributed by atoms with van der Waals surface area (Å²) in [7, 11) is -2.08. The summed E-state index contributed by atoms with van der Waals surface area (Å²) >= 11 is 0. The van der Waals surface area contributed by atoms with E-state index in [0.717, 1.165) is 25.8 Å². The van der Waals surface area contributed by atoms with Crippen molar-refractivity contribution < 1.29 is 13.2 Å². The number of hydrogen-bond acceptors (Lipinski definition) is 5. The minimum absolute atomic E-state index is 0.00558. The number of unbranched alkanes of at least 4 members (excludes halogenated alkanes) is 1. The van der Waals surface area contributed by atoms with E-state index in [0.29, 0.717) is 24.5 Å². The van der Waals surface area contributed by atoms with Gasteiger partial charge in [-0.3, -0.25) is 9.59 Å². The monoisotopic (exact) mass is 431 g/mol. The highest BCUT2D eigenvalue weighted by Gasteiger charge is 2.21. The Kier molecular flexibility index (Phi) is 6.66. The number of amides is 1. The lowest BCUT2D eigenvalue weighted by atomic mass is 10.3. The number of amidine groups is 1. The Balaban J connectivity index is 1.80. The Morgan fingerprint density at radius 3 is 2.77 bits per heavy atom. The number of aromatic nitrogens is 2. The van der Waals surface area contributed by atoms with Gasteiger partial charge in [0, 0.05) is 38.3 Å². The van der Waals surface area contributed by atoms with E-state index >= 15 is 0 Å². The number of sulfonamides is 1. The zero-order valence-corrected chi connectivity index (χ0v) is 17.9. The van der Waals surface area contributed by atoms with Crippen LogP contribution in [0, 0.1) is 0 Å². The predicted molar refractivity (Wildman–Crippen MR) is 114 cm³/mol. The molecule has 0 radical (unpaired) electrons. The summed E-state index contributed by atoms with van der Waals surface area (Å²) < 4.78 is 30.5. The number of nitrogens with zero attached hydrogens (tertiary/aromatic N) is 4. The van der Waals surface area contributed by atoms with Crippen molar-refractivity contribution in [1.29, 1.82) is 0 Å². The fraction of sp³-hybridized carbons (Fsp3) is 0.400. The number of aryl methyl sites for hydroxylation is 1. The van der Waals surface area contributed by atoms with E-state index in [2.05, 4.69) is 14.8 Å². The van der Waals surface area contributed by atoms with Crippen LogP contribution in [0.15, 0.2) is 50.5 Å². The number of likely N-dealkylation sites (tertiary alicyclic amines) is 1. The van der Waals surface area contributed by atoms with Crippen LogP contribution >= 0.6 is 0 Å². The first-order valence-electron chi connectivity index (χ1n) is 9.85. The summed E-state index contributed by atoms with van der Waals surface area (Å²) in [6.07, 6.45) is 3.15. The smallest absolute Gasteiger partial charge is 0.284 e. The second-order valence-corrected chi connectivity index (χ2v) is 8.73. The number of rotatable bonds is 7. The molecule has 1 aliphatic rings. The molecule has 1 saturated heterocycles. The third-order valence-corrected chi connectivity index (χ3v) is 6.07. The third kappa shape index (κ3) is 5.12. The fourth-order valence-corrected chi connectivity index (χ4v) is 4.21. The van der Waals surface area contributed by atoms with E-state index in [9.17, 15) is 18.0 Å². The van der Waals surface area contributed by atoms with E-state index in [-0.39, 0.29) is 16.1 Å². The van der Waals surface area contributed by atoms with Crippen molar-refractivity contribution in [2.75, 3.05) is 18.9 Å². The van der Waals surface area contributed by atoms with E-state index in [1.54, 1.807) is 6.07 Å². The second-order valence-electron chi connectivity index (χ2n) is 7.12. The molecule has 2 aromatic rings. The number of nitrogens with one attached hydrogen (secondary N) is 1. The van der Waals surface area contributed by atoms with Gasteiger partial charge >= 0.3 is 0 Å². The average molecular weight is 432 g/mol. The third-order valence-electron chi connectivity index (χ3n) is 4.77. The molecule has 9 nitrogen and oxygen atoms in total. The van der Waals surface area contributed by atoms with Gasteiger partial charge in [-0.1, -0.05) is 19.4 Å². The maximum Gasteiger partial charge on any atom is 0.284 e. The number of carbonyl (C=O) groups excluding carboxylic acids is 1. The molecular weight excluding hydrogens is 406 g/mol. The lowest BCUT2D eigenvalue weighted by molar-refractivity contribution is 0.101. The van der Waals surface area contributed by atoms with Gasteiger partial charge in [-0.05, 0) is 37.1 Å². The first-order valence-corrected chi connectivity index (χ1v) is 11.3. The molecule has 0 saturated carbocycles. The van der Waals surface area contributed by atoms with Gasteiger partial charge in [-0.15, -0.1) is 4.40 Å². The maximum atomic E-state index is 12.6. The molecule has 0 bridgehead atoms. The molecule has 0 aliphatic carbocycles. The summed E-state index contributed by atoms with van der Waals surface area (Å²) in [6.45, 7) is 3.20. The molecule has 0 atom stereocenters. The van der Waals surface area contributed by atoms with Gasteiger partial charge in [-0.2, -0.15) is 13.5 Å². The lowest BCUT2D eigenvalue weighted by Crippen LogP contribution is -2.26. The molecule has 1 N–H and O–H groups in total. The van der Waals surface area contributed by atoms with Gasteiger partial charge in [0.05, 0.1) is 4.90 Å². The molecule has 1 amide bonds. The van der Waals surface area contributed by atoms with Crippen LogP contribution in [0.4, 0.5) is 5.69 Å².